The smallest absolute Gasteiger partial charge is 0.0655 e. The van der Waals surface area contributed by atoms with Gasteiger partial charge >= 0.3 is 0 Å². The molecule has 1 heteroatoms. The van der Waals surface area contributed by atoms with E-state index in [1.54, 1.807) is 0 Å². The molecule has 2 aliphatic rings. The monoisotopic (exact) mass is 287 g/mol. The zero-order valence-electron chi connectivity index (χ0n) is 13.9. The average Bonchev–Trinajstić information content (AvgIpc) is 2.55. The van der Waals surface area contributed by atoms with Crippen LogP contribution in [0.2, 0.25) is 0 Å². The van der Waals surface area contributed by atoms with Crippen molar-refractivity contribution in [2.75, 3.05) is 0 Å². The van der Waals surface area contributed by atoms with Gasteiger partial charge < -0.3 is 0 Å². The minimum atomic E-state index is 0.368. The summed E-state index contributed by atoms with van der Waals surface area (Å²) in [6.45, 7) is 2.22. The minimum Gasteiger partial charge on any atom is -0.198 e. The molecule has 0 heterocycles. The SMILES string of the molecule is CC/C=C/CC1CCC(CCC2CCC(C#N)CC2)CC1. The summed E-state index contributed by atoms with van der Waals surface area (Å²) in [7, 11) is 0. The topological polar surface area (TPSA) is 23.8 Å². The van der Waals surface area contributed by atoms with Crippen molar-refractivity contribution in [2.24, 2.45) is 23.7 Å². The maximum Gasteiger partial charge on any atom is 0.0655 e. The fourth-order valence-corrected chi connectivity index (χ4v) is 4.26. The molecule has 0 amide bonds. The van der Waals surface area contributed by atoms with Crippen LogP contribution in [-0.2, 0) is 0 Å². The summed E-state index contributed by atoms with van der Waals surface area (Å²) in [6, 6.07) is 2.45. The molecule has 0 aromatic rings. The van der Waals surface area contributed by atoms with Crippen molar-refractivity contribution in [1.29, 1.82) is 5.26 Å². The Morgan fingerprint density at radius 2 is 1.33 bits per heavy atom. The molecule has 0 unspecified atom stereocenters. The molecule has 0 radical (unpaired) electrons. The molecule has 0 bridgehead atoms. The minimum absolute atomic E-state index is 0.368. The van der Waals surface area contributed by atoms with Gasteiger partial charge in [0.15, 0.2) is 0 Å². The van der Waals surface area contributed by atoms with Gasteiger partial charge in [-0.25, -0.2) is 0 Å². The van der Waals surface area contributed by atoms with E-state index in [0.29, 0.717) is 5.92 Å². The van der Waals surface area contributed by atoms with Gasteiger partial charge in [-0.1, -0.05) is 44.8 Å². The molecule has 2 rings (SSSR count). The lowest BCUT2D eigenvalue weighted by Gasteiger charge is -2.30. The molecule has 1 nitrogen and oxygen atoms in total. The highest BCUT2D eigenvalue weighted by molar-refractivity contribution is 4.88. The number of hydrogen-bond donors (Lipinski definition) is 0. The van der Waals surface area contributed by atoms with E-state index in [1.807, 2.05) is 0 Å². The summed E-state index contributed by atoms with van der Waals surface area (Å²) in [6.07, 6.45) is 20.9. The summed E-state index contributed by atoms with van der Waals surface area (Å²) in [5.74, 6) is 3.27. The zero-order chi connectivity index (χ0) is 14.9. The maximum atomic E-state index is 8.96. The average molecular weight is 287 g/mol. The van der Waals surface area contributed by atoms with Gasteiger partial charge in [0.1, 0.15) is 0 Å². The second-order valence-electron chi connectivity index (χ2n) is 7.43. The Labute approximate surface area is 131 Å². The van der Waals surface area contributed by atoms with E-state index in [1.165, 1.54) is 64.2 Å². The van der Waals surface area contributed by atoms with Crippen molar-refractivity contribution in [3.63, 3.8) is 0 Å². The normalized spacial score (nSPS) is 33.9. The van der Waals surface area contributed by atoms with Gasteiger partial charge in [0.25, 0.3) is 0 Å². The fraction of sp³-hybridized carbons (Fsp3) is 0.850. The van der Waals surface area contributed by atoms with E-state index in [4.69, 9.17) is 5.26 Å². The Morgan fingerprint density at radius 3 is 1.86 bits per heavy atom. The number of hydrogen-bond acceptors (Lipinski definition) is 1. The van der Waals surface area contributed by atoms with Gasteiger partial charge in [0.2, 0.25) is 0 Å². The second-order valence-corrected chi connectivity index (χ2v) is 7.43. The third-order valence-electron chi connectivity index (χ3n) is 5.85. The van der Waals surface area contributed by atoms with Crippen molar-refractivity contribution in [2.45, 2.75) is 84.0 Å². The molecular formula is C20H33N. The van der Waals surface area contributed by atoms with E-state index in [0.717, 1.165) is 30.6 Å². The van der Waals surface area contributed by atoms with Crippen molar-refractivity contribution in [3.8, 4) is 6.07 Å². The molecule has 0 atom stereocenters. The fourth-order valence-electron chi connectivity index (χ4n) is 4.26. The van der Waals surface area contributed by atoms with Gasteiger partial charge in [-0.15, -0.1) is 0 Å². The zero-order valence-corrected chi connectivity index (χ0v) is 13.9. The second kappa shape index (κ2) is 9.29. The molecule has 0 aliphatic heterocycles. The molecule has 2 saturated carbocycles. The summed E-state index contributed by atoms with van der Waals surface area (Å²) >= 11 is 0. The Bertz CT molecular complexity index is 335. The molecule has 0 saturated heterocycles. The maximum absolute atomic E-state index is 8.96. The lowest BCUT2D eigenvalue weighted by Crippen LogP contribution is -2.17. The first-order valence-corrected chi connectivity index (χ1v) is 9.36. The molecule has 0 spiro atoms. The summed E-state index contributed by atoms with van der Waals surface area (Å²) in [5, 5.41) is 8.96. The van der Waals surface area contributed by atoms with Crippen LogP contribution in [0.1, 0.15) is 84.0 Å². The van der Waals surface area contributed by atoms with Crippen molar-refractivity contribution in [3.05, 3.63) is 12.2 Å². The molecule has 0 aromatic carbocycles. The van der Waals surface area contributed by atoms with Crippen LogP contribution in [0, 0.1) is 35.0 Å². The van der Waals surface area contributed by atoms with E-state index >= 15 is 0 Å². The number of rotatable bonds is 6. The van der Waals surface area contributed by atoms with E-state index < -0.39 is 0 Å². The Hall–Kier alpha value is -0.770. The van der Waals surface area contributed by atoms with Gasteiger partial charge in [0.05, 0.1) is 6.07 Å². The van der Waals surface area contributed by atoms with Crippen LogP contribution in [0.3, 0.4) is 0 Å². The summed E-state index contributed by atoms with van der Waals surface area (Å²) in [4.78, 5) is 0. The predicted molar refractivity (Wildman–Crippen MR) is 89.8 cm³/mol. The largest absolute Gasteiger partial charge is 0.198 e. The van der Waals surface area contributed by atoms with Gasteiger partial charge in [-0.2, -0.15) is 5.26 Å². The lowest BCUT2D eigenvalue weighted by molar-refractivity contribution is 0.228. The molecule has 21 heavy (non-hydrogen) atoms. The van der Waals surface area contributed by atoms with Crippen LogP contribution >= 0.6 is 0 Å². The first kappa shape index (κ1) is 16.6. The van der Waals surface area contributed by atoms with Crippen molar-refractivity contribution < 1.29 is 0 Å². The van der Waals surface area contributed by atoms with Crippen LogP contribution in [0.25, 0.3) is 0 Å². The van der Waals surface area contributed by atoms with Crippen molar-refractivity contribution in [1.82, 2.24) is 0 Å². The van der Waals surface area contributed by atoms with Crippen molar-refractivity contribution >= 4 is 0 Å². The van der Waals surface area contributed by atoms with Gasteiger partial charge in [-0.3, -0.25) is 0 Å². The lowest BCUT2D eigenvalue weighted by atomic mass is 9.75. The first-order chi connectivity index (χ1) is 10.3. The molecular weight excluding hydrogens is 254 g/mol. The number of nitriles is 1. The van der Waals surface area contributed by atoms with Gasteiger partial charge in [0, 0.05) is 5.92 Å². The molecule has 2 fully saturated rings. The highest BCUT2D eigenvalue weighted by Gasteiger charge is 2.24. The van der Waals surface area contributed by atoms with E-state index in [2.05, 4.69) is 25.1 Å². The van der Waals surface area contributed by atoms with Gasteiger partial charge in [-0.05, 0) is 69.1 Å². The first-order valence-electron chi connectivity index (χ1n) is 9.36. The van der Waals surface area contributed by atoms with Crippen LogP contribution in [0.4, 0.5) is 0 Å². The molecule has 0 N–H and O–H groups in total. The highest BCUT2D eigenvalue weighted by atomic mass is 14.3. The number of allylic oxidation sites excluding steroid dienone is 2. The highest BCUT2D eigenvalue weighted by Crippen LogP contribution is 2.37. The van der Waals surface area contributed by atoms with E-state index in [9.17, 15) is 0 Å². The van der Waals surface area contributed by atoms with Crippen LogP contribution < -0.4 is 0 Å². The summed E-state index contributed by atoms with van der Waals surface area (Å²) < 4.78 is 0. The van der Waals surface area contributed by atoms with E-state index in [-0.39, 0.29) is 0 Å². The van der Waals surface area contributed by atoms with Crippen LogP contribution in [0.15, 0.2) is 12.2 Å². The Morgan fingerprint density at radius 1 is 0.810 bits per heavy atom. The number of nitrogens with zero attached hydrogens (tertiary/aromatic N) is 1. The molecule has 2 aliphatic carbocycles. The Kier molecular flexibility index (Phi) is 7.34. The summed E-state index contributed by atoms with van der Waals surface area (Å²) in [5.41, 5.74) is 0. The predicted octanol–water partition coefficient (Wildman–Crippen LogP) is 6.26. The molecule has 0 aromatic heterocycles. The standard InChI is InChI=1S/C20H33N/c1-2-3-4-5-17-6-8-18(9-7-17)10-11-19-12-14-20(16-21)15-13-19/h3-4,17-20H,2,5-15H2,1H3/b4-3+. The third-order valence-corrected chi connectivity index (χ3v) is 5.85. The quantitative estimate of drug-likeness (QED) is 0.529. The van der Waals surface area contributed by atoms with Crippen LogP contribution in [-0.4, -0.2) is 0 Å². The molecule has 118 valence electrons. The third kappa shape index (κ3) is 5.85. The Balaban J connectivity index is 1.57. The van der Waals surface area contributed by atoms with Crippen LogP contribution in [0.5, 0.6) is 0 Å².